The van der Waals surface area contributed by atoms with Crippen molar-refractivity contribution in [3.63, 3.8) is 0 Å². The number of carbonyl (C=O) groups is 1. The Kier molecular flexibility index (Phi) is 5.59. The third-order valence-electron chi connectivity index (χ3n) is 2.95. The first-order chi connectivity index (χ1) is 10.9. The Hall–Kier alpha value is -2.54. The smallest absolute Gasteiger partial charge is 0.259 e. The summed E-state index contributed by atoms with van der Waals surface area (Å²) in [7, 11) is 3.37. The molecule has 23 heavy (non-hydrogen) atoms. The molecule has 1 aromatic carbocycles. The molecule has 7 nitrogen and oxygen atoms in total. The fourth-order valence-electron chi connectivity index (χ4n) is 1.74. The third-order valence-corrected chi connectivity index (χ3v) is 3.14. The van der Waals surface area contributed by atoms with Gasteiger partial charge in [-0.3, -0.25) is 4.79 Å². The Balaban J connectivity index is 1.95. The Bertz CT molecular complexity index is 673. The molecule has 1 amide bonds. The van der Waals surface area contributed by atoms with Crippen LogP contribution in [0.3, 0.4) is 0 Å². The third kappa shape index (κ3) is 5.30. The first kappa shape index (κ1) is 16.8. The lowest BCUT2D eigenvalue weighted by Crippen LogP contribution is -2.27. The van der Waals surface area contributed by atoms with Crippen molar-refractivity contribution < 1.29 is 9.53 Å². The standard InChI is InChI=1S/C15H18ClN5O2/c1-21(2)14(22)9-23-11-5-3-4-10(6-11)8-18-13-7-12(16)19-15(17)20-13/h3-7H,8-9H2,1-2H3,(H3,17,18,19,20). The van der Waals surface area contributed by atoms with Crippen molar-refractivity contribution in [3.8, 4) is 5.75 Å². The molecular weight excluding hydrogens is 318 g/mol. The minimum absolute atomic E-state index is 0.00192. The highest BCUT2D eigenvalue weighted by atomic mass is 35.5. The van der Waals surface area contributed by atoms with E-state index in [1.54, 1.807) is 26.2 Å². The number of amides is 1. The molecule has 3 N–H and O–H groups in total. The summed E-state index contributed by atoms with van der Waals surface area (Å²) < 4.78 is 5.47. The van der Waals surface area contributed by atoms with Crippen molar-refractivity contribution in [1.82, 2.24) is 14.9 Å². The van der Waals surface area contributed by atoms with Crippen LogP contribution in [0.5, 0.6) is 5.75 Å². The zero-order valence-corrected chi connectivity index (χ0v) is 13.7. The average Bonchev–Trinajstić information content (AvgIpc) is 2.50. The van der Waals surface area contributed by atoms with Gasteiger partial charge in [0.2, 0.25) is 5.95 Å². The summed E-state index contributed by atoms with van der Waals surface area (Å²) >= 11 is 5.83. The number of aromatic nitrogens is 2. The van der Waals surface area contributed by atoms with Crippen molar-refractivity contribution in [3.05, 3.63) is 41.0 Å². The fraction of sp³-hybridized carbons (Fsp3) is 0.267. The van der Waals surface area contributed by atoms with Gasteiger partial charge in [0, 0.05) is 26.7 Å². The molecule has 2 aromatic rings. The molecule has 0 aliphatic rings. The SMILES string of the molecule is CN(C)C(=O)COc1cccc(CNc2cc(Cl)nc(N)n2)c1. The number of nitrogens with two attached hydrogens (primary N) is 1. The molecule has 0 spiro atoms. The molecule has 0 radical (unpaired) electrons. The first-order valence-corrected chi connectivity index (χ1v) is 7.27. The van der Waals surface area contributed by atoms with E-state index in [4.69, 9.17) is 22.1 Å². The highest BCUT2D eigenvalue weighted by molar-refractivity contribution is 6.29. The number of anilines is 2. The second-order valence-electron chi connectivity index (χ2n) is 5.01. The Morgan fingerprint density at radius 2 is 2.13 bits per heavy atom. The maximum atomic E-state index is 11.5. The maximum Gasteiger partial charge on any atom is 0.259 e. The maximum absolute atomic E-state index is 11.5. The normalized spacial score (nSPS) is 10.2. The van der Waals surface area contributed by atoms with E-state index in [-0.39, 0.29) is 23.6 Å². The summed E-state index contributed by atoms with van der Waals surface area (Å²) in [5, 5.41) is 3.38. The van der Waals surface area contributed by atoms with Gasteiger partial charge >= 0.3 is 0 Å². The van der Waals surface area contributed by atoms with Crippen LogP contribution in [0.1, 0.15) is 5.56 Å². The van der Waals surface area contributed by atoms with E-state index in [0.717, 1.165) is 5.56 Å². The molecule has 0 unspecified atom stereocenters. The molecule has 122 valence electrons. The van der Waals surface area contributed by atoms with Crippen molar-refractivity contribution >= 4 is 29.3 Å². The van der Waals surface area contributed by atoms with E-state index in [0.29, 0.717) is 18.1 Å². The molecule has 0 saturated carbocycles. The monoisotopic (exact) mass is 335 g/mol. The molecule has 0 bridgehead atoms. The van der Waals surface area contributed by atoms with Gasteiger partial charge in [-0.05, 0) is 17.7 Å². The summed E-state index contributed by atoms with van der Waals surface area (Å²) in [4.78, 5) is 20.8. The predicted molar refractivity (Wildman–Crippen MR) is 89.4 cm³/mol. The number of ether oxygens (including phenoxy) is 1. The topological polar surface area (TPSA) is 93.4 Å². The second kappa shape index (κ2) is 7.64. The lowest BCUT2D eigenvalue weighted by Gasteiger charge is -2.12. The first-order valence-electron chi connectivity index (χ1n) is 6.90. The molecule has 8 heteroatoms. The number of hydrogen-bond donors (Lipinski definition) is 2. The van der Waals surface area contributed by atoms with Crippen molar-refractivity contribution in [2.24, 2.45) is 0 Å². The van der Waals surface area contributed by atoms with Gasteiger partial charge in [-0.15, -0.1) is 0 Å². The summed E-state index contributed by atoms with van der Waals surface area (Å²) in [6, 6.07) is 9.02. The summed E-state index contributed by atoms with van der Waals surface area (Å²) in [6.45, 7) is 0.507. The number of hydrogen-bond acceptors (Lipinski definition) is 6. The highest BCUT2D eigenvalue weighted by Crippen LogP contribution is 2.16. The number of nitrogens with zero attached hydrogens (tertiary/aromatic N) is 3. The van der Waals surface area contributed by atoms with Crippen LogP contribution in [0.25, 0.3) is 0 Å². The van der Waals surface area contributed by atoms with Crippen LogP contribution in [-0.2, 0) is 11.3 Å². The molecule has 0 atom stereocenters. The quantitative estimate of drug-likeness (QED) is 0.782. The molecule has 0 aliphatic heterocycles. The van der Waals surface area contributed by atoms with E-state index < -0.39 is 0 Å². The lowest BCUT2D eigenvalue weighted by molar-refractivity contribution is -0.130. The van der Waals surface area contributed by atoms with Gasteiger partial charge < -0.3 is 20.7 Å². The minimum atomic E-state index is -0.0976. The number of benzene rings is 1. The molecule has 0 aliphatic carbocycles. The van der Waals surface area contributed by atoms with E-state index in [9.17, 15) is 4.79 Å². The van der Waals surface area contributed by atoms with Gasteiger partial charge in [0.25, 0.3) is 5.91 Å². The number of halogens is 1. The zero-order chi connectivity index (χ0) is 16.8. The van der Waals surface area contributed by atoms with Crippen molar-refractivity contribution in [2.45, 2.75) is 6.54 Å². The van der Waals surface area contributed by atoms with Crippen LogP contribution >= 0.6 is 11.6 Å². The second-order valence-corrected chi connectivity index (χ2v) is 5.40. The molecular formula is C15H18ClN5O2. The number of likely N-dealkylation sites (N-methyl/N-ethyl adjacent to an activating group) is 1. The van der Waals surface area contributed by atoms with E-state index in [1.165, 1.54) is 4.90 Å². The number of nitrogens with one attached hydrogen (secondary N) is 1. The van der Waals surface area contributed by atoms with Gasteiger partial charge in [0.15, 0.2) is 6.61 Å². The Morgan fingerprint density at radius 1 is 1.35 bits per heavy atom. The van der Waals surface area contributed by atoms with E-state index in [2.05, 4.69) is 15.3 Å². The van der Waals surface area contributed by atoms with Crippen LogP contribution in [0.15, 0.2) is 30.3 Å². The zero-order valence-electron chi connectivity index (χ0n) is 12.9. The fourth-order valence-corrected chi connectivity index (χ4v) is 1.93. The molecule has 0 saturated heterocycles. The Morgan fingerprint density at radius 3 is 2.83 bits per heavy atom. The summed E-state index contributed by atoms with van der Waals surface area (Å²) in [5.41, 5.74) is 6.51. The lowest BCUT2D eigenvalue weighted by atomic mass is 10.2. The average molecular weight is 336 g/mol. The number of rotatable bonds is 6. The largest absolute Gasteiger partial charge is 0.484 e. The molecule has 1 heterocycles. The number of nitrogen functional groups attached to an aromatic ring is 1. The van der Waals surface area contributed by atoms with Crippen molar-refractivity contribution in [1.29, 1.82) is 0 Å². The minimum Gasteiger partial charge on any atom is -0.484 e. The summed E-state index contributed by atoms with van der Waals surface area (Å²) in [6.07, 6.45) is 0. The van der Waals surface area contributed by atoms with E-state index in [1.807, 2.05) is 18.2 Å². The van der Waals surface area contributed by atoms with E-state index >= 15 is 0 Å². The molecule has 1 aromatic heterocycles. The van der Waals surface area contributed by atoms with Gasteiger partial charge in [-0.25, -0.2) is 4.98 Å². The number of carbonyl (C=O) groups excluding carboxylic acids is 1. The van der Waals surface area contributed by atoms with Gasteiger partial charge in [0.1, 0.15) is 16.7 Å². The highest BCUT2D eigenvalue weighted by Gasteiger charge is 2.06. The molecule has 0 fully saturated rings. The summed E-state index contributed by atoms with van der Waals surface area (Å²) in [5.74, 6) is 1.18. The van der Waals surface area contributed by atoms with Gasteiger partial charge in [0.05, 0.1) is 0 Å². The Labute approximate surface area is 139 Å². The molecule has 2 rings (SSSR count). The van der Waals surface area contributed by atoms with Crippen molar-refractivity contribution in [2.75, 3.05) is 31.8 Å². The van der Waals surface area contributed by atoms with Gasteiger partial charge in [-0.2, -0.15) is 4.98 Å². The predicted octanol–water partition coefficient (Wildman–Crippen LogP) is 1.79. The van der Waals surface area contributed by atoms with Crippen LogP contribution < -0.4 is 15.8 Å². The van der Waals surface area contributed by atoms with Crippen LogP contribution in [-0.4, -0.2) is 41.5 Å². The van der Waals surface area contributed by atoms with Crippen LogP contribution in [0.4, 0.5) is 11.8 Å². The van der Waals surface area contributed by atoms with Crippen LogP contribution in [0, 0.1) is 0 Å². The van der Waals surface area contributed by atoms with Gasteiger partial charge in [-0.1, -0.05) is 23.7 Å². The van der Waals surface area contributed by atoms with Crippen LogP contribution in [0.2, 0.25) is 5.15 Å².